The van der Waals surface area contributed by atoms with E-state index in [2.05, 4.69) is 15.6 Å². The summed E-state index contributed by atoms with van der Waals surface area (Å²) in [4.78, 5) is 26.5. The van der Waals surface area contributed by atoms with Gasteiger partial charge in [0.05, 0.1) is 23.5 Å². The van der Waals surface area contributed by atoms with Gasteiger partial charge in [-0.15, -0.1) is 0 Å². The van der Waals surface area contributed by atoms with Crippen molar-refractivity contribution in [1.29, 1.82) is 0 Å². The summed E-state index contributed by atoms with van der Waals surface area (Å²) in [6.07, 6.45) is 3.94. The summed E-state index contributed by atoms with van der Waals surface area (Å²) < 4.78 is 5.90. The summed E-state index contributed by atoms with van der Waals surface area (Å²) in [7, 11) is 0. The molecule has 0 atom stereocenters. The molecule has 0 saturated carbocycles. The van der Waals surface area contributed by atoms with Crippen LogP contribution in [0.3, 0.4) is 0 Å². The summed E-state index contributed by atoms with van der Waals surface area (Å²) in [5.74, 6) is 0.0662. The van der Waals surface area contributed by atoms with Crippen molar-refractivity contribution < 1.29 is 14.3 Å². The van der Waals surface area contributed by atoms with E-state index in [-0.39, 0.29) is 5.91 Å². The molecule has 0 radical (unpaired) electrons. The highest BCUT2D eigenvalue weighted by atomic mass is 16.5. The molecule has 0 spiro atoms. The molecule has 7 heteroatoms. The average molecular weight is 364 g/mol. The second-order valence-corrected chi connectivity index (χ2v) is 5.81. The predicted molar refractivity (Wildman–Crippen MR) is 104 cm³/mol. The van der Waals surface area contributed by atoms with E-state index in [1.54, 1.807) is 36.7 Å². The maximum absolute atomic E-state index is 12.4. The molecule has 3 aromatic rings. The van der Waals surface area contributed by atoms with Gasteiger partial charge in [0.2, 0.25) is 0 Å². The van der Waals surface area contributed by atoms with E-state index in [4.69, 9.17) is 10.5 Å². The molecule has 27 heavy (non-hydrogen) atoms. The molecule has 0 saturated heterocycles. The minimum atomic E-state index is -0.711. The maximum atomic E-state index is 12.4. The molecule has 3 rings (SSSR count). The van der Waals surface area contributed by atoms with Gasteiger partial charge in [0.15, 0.2) is 5.75 Å². The molecule has 0 aliphatic carbocycles. The second-order valence-electron chi connectivity index (χ2n) is 5.81. The van der Waals surface area contributed by atoms with Crippen molar-refractivity contribution >= 4 is 23.3 Å². The smallest absolute Gasteiger partial charge is 0.316 e. The van der Waals surface area contributed by atoms with Crippen LogP contribution in [0.5, 0.6) is 5.75 Å². The van der Waals surface area contributed by atoms with E-state index in [1.807, 2.05) is 30.3 Å². The van der Waals surface area contributed by atoms with Gasteiger partial charge in [-0.05, 0) is 23.8 Å². The molecule has 5 N–H and O–H groups in total. The normalized spacial score (nSPS) is 10.2. The fourth-order valence-corrected chi connectivity index (χ4v) is 2.60. The Balaban J connectivity index is 1.79. The molecular weight excluding hydrogens is 344 g/mol. The number of H-pyrrole nitrogens is 1. The Morgan fingerprint density at radius 1 is 0.963 bits per heavy atom. The topological polar surface area (TPSA) is 109 Å². The number of hydrogen-bond donors (Lipinski definition) is 4. The molecule has 1 heterocycles. The van der Waals surface area contributed by atoms with Crippen molar-refractivity contribution in [1.82, 2.24) is 4.98 Å². The molecule has 1 aromatic heterocycles. The number of carbonyl (C=O) groups excluding carboxylic acids is 2. The second kappa shape index (κ2) is 8.57. The van der Waals surface area contributed by atoms with Crippen LogP contribution in [0.1, 0.15) is 15.9 Å². The number of aromatic amines is 1. The van der Waals surface area contributed by atoms with Gasteiger partial charge in [0, 0.05) is 18.8 Å². The van der Waals surface area contributed by atoms with Crippen LogP contribution in [0.25, 0.3) is 0 Å². The molecule has 138 valence electrons. The number of urea groups is 1. The van der Waals surface area contributed by atoms with Gasteiger partial charge in [0.1, 0.15) is 0 Å². The summed E-state index contributed by atoms with van der Waals surface area (Å²) in [5, 5.41) is 5.33. The lowest BCUT2D eigenvalue weighted by molar-refractivity contribution is 0.102. The van der Waals surface area contributed by atoms with Crippen LogP contribution in [-0.2, 0) is 6.42 Å². The Bertz CT molecular complexity index is 908. The number of rotatable bonds is 7. The number of primary amides is 1. The van der Waals surface area contributed by atoms with Crippen LogP contribution >= 0.6 is 0 Å². The van der Waals surface area contributed by atoms with Gasteiger partial charge < -0.3 is 26.1 Å². The highest BCUT2D eigenvalue weighted by molar-refractivity contribution is 6.05. The number of carbonyl (C=O) groups is 2. The molecule has 3 amide bonds. The van der Waals surface area contributed by atoms with E-state index < -0.39 is 6.03 Å². The van der Waals surface area contributed by atoms with Crippen molar-refractivity contribution in [3.05, 3.63) is 78.1 Å². The first kappa shape index (κ1) is 18.1. The fraction of sp³-hybridized carbons (Fsp3) is 0.100. The highest BCUT2D eigenvalue weighted by Gasteiger charge is 2.15. The Labute approximate surface area is 156 Å². The number of para-hydroxylation sites is 1. The molecule has 0 aliphatic heterocycles. The number of nitrogens with one attached hydrogen (secondary N) is 3. The standard InChI is InChI=1S/C20H20N4O3/c21-20(26)24-17-8-4-7-16(23-19(25)15-9-11-22-13-15)18(17)27-12-10-14-5-2-1-3-6-14/h1-9,11,13,22H,10,12H2,(H,23,25)(H3,21,24,26). The van der Waals surface area contributed by atoms with Crippen LogP contribution in [0, 0.1) is 0 Å². The molecule has 0 bridgehead atoms. The van der Waals surface area contributed by atoms with Crippen molar-refractivity contribution in [3.8, 4) is 5.75 Å². The third kappa shape index (κ3) is 4.88. The number of aromatic nitrogens is 1. The Hall–Kier alpha value is -3.74. The van der Waals surface area contributed by atoms with Gasteiger partial charge in [0.25, 0.3) is 5.91 Å². The van der Waals surface area contributed by atoms with Crippen LogP contribution in [0.15, 0.2) is 67.0 Å². The van der Waals surface area contributed by atoms with Gasteiger partial charge in [-0.1, -0.05) is 36.4 Å². The molecule has 0 fully saturated rings. The summed E-state index contributed by atoms with van der Waals surface area (Å²) in [6.45, 7) is 0.370. The Morgan fingerprint density at radius 2 is 1.70 bits per heavy atom. The monoisotopic (exact) mass is 364 g/mol. The van der Waals surface area contributed by atoms with Crippen molar-refractivity contribution in [2.45, 2.75) is 6.42 Å². The maximum Gasteiger partial charge on any atom is 0.316 e. The number of amides is 3. The first-order valence-electron chi connectivity index (χ1n) is 8.44. The number of anilines is 2. The summed E-state index contributed by atoms with van der Waals surface area (Å²) in [6, 6.07) is 15.9. The lowest BCUT2D eigenvalue weighted by atomic mass is 10.2. The zero-order valence-electron chi connectivity index (χ0n) is 14.6. The summed E-state index contributed by atoms with van der Waals surface area (Å²) in [5.41, 5.74) is 7.69. The van der Waals surface area contributed by atoms with Crippen molar-refractivity contribution in [3.63, 3.8) is 0 Å². The highest BCUT2D eigenvalue weighted by Crippen LogP contribution is 2.34. The van der Waals surface area contributed by atoms with Crippen molar-refractivity contribution in [2.24, 2.45) is 5.73 Å². The van der Waals surface area contributed by atoms with E-state index >= 15 is 0 Å². The van der Waals surface area contributed by atoms with Crippen LogP contribution in [-0.4, -0.2) is 23.5 Å². The first-order valence-corrected chi connectivity index (χ1v) is 8.44. The molecule has 0 aliphatic rings. The van der Waals surface area contributed by atoms with Crippen molar-refractivity contribution in [2.75, 3.05) is 17.2 Å². The van der Waals surface area contributed by atoms with Gasteiger partial charge in [-0.3, -0.25) is 4.79 Å². The van der Waals surface area contributed by atoms with Gasteiger partial charge in [-0.25, -0.2) is 4.79 Å². The number of ether oxygens (including phenoxy) is 1. The minimum absolute atomic E-state index is 0.291. The van der Waals surface area contributed by atoms with E-state index in [0.717, 1.165) is 5.56 Å². The van der Waals surface area contributed by atoms with Gasteiger partial charge in [-0.2, -0.15) is 0 Å². The minimum Gasteiger partial charge on any atom is -0.489 e. The summed E-state index contributed by atoms with van der Waals surface area (Å²) >= 11 is 0. The van der Waals surface area contributed by atoms with E-state index in [0.29, 0.717) is 35.7 Å². The SMILES string of the molecule is NC(=O)Nc1cccc(NC(=O)c2cc[nH]c2)c1OCCc1ccccc1. The lowest BCUT2D eigenvalue weighted by Crippen LogP contribution is -2.21. The third-order valence-electron chi connectivity index (χ3n) is 3.86. The largest absolute Gasteiger partial charge is 0.489 e. The predicted octanol–water partition coefficient (Wildman–Crippen LogP) is 3.38. The Kier molecular flexibility index (Phi) is 5.73. The first-order chi connectivity index (χ1) is 13.1. The lowest BCUT2D eigenvalue weighted by Gasteiger charge is -2.16. The van der Waals surface area contributed by atoms with Gasteiger partial charge >= 0.3 is 6.03 Å². The number of nitrogens with two attached hydrogens (primary N) is 1. The van der Waals surface area contributed by atoms with Crippen LogP contribution in [0.2, 0.25) is 0 Å². The van der Waals surface area contributed by atoms with Crippen LogP contribution < -0.4 is 21.1 Å². The number of benzene rings is 2. The molecule has 7 nitrogen and oxygen atoms in total. The average Bonchev–Trinajstić information content (AvgIpc) is 3.19. The molecule has 0 unspecified atom stereocenters. The van der Waals surface area contributed by atoms with E-state index in [9.17, 15) is 9.59 Å². The quantitative estimate of drug-likeness (QED) is 0.516. The zero-order valence-corrected chi connectivity index (χ0v) is 14.6. The fourth-order valence-electron chi connectivity index (χ4n) is 2.60. The van der Waals surface area contributed by atoms with Crippen LogP contribution in [0.4, 0.5) is 16.2 Å². The Morgan fingerprint density at radius 3 is 2.37 bits per heavy atom. The molecule has 2 aromatic carbocycles. The molecular formula is C20H20N4O3. The number of hydrogen-bond acceptors (Lipinski definition) is 3. The zero-order chi connectivity index (χ0) is 19.1. The third-order valence-corrected chi connectivity index (χ3v) is 3.86. The van der Waals surface area contributed by atoms with E-state index in [1.165, 1.54) is 0 Å².